The minimum Gasteiger partial charge on any atom is -1.00 e. The summed E-state index contributed by atoms with van der Waals surface area (Å²) in [5, 5.41) is 0. The number of hydrogen-bond acceptors (Lipinski definition) is 1. The van der Waals surface area contributed by atoms with Gasteiger partial charge in [0.15, 0.2) is 12.4 Å². The number of pyridine rings is 1. The third-order valence-electron chi connectivity index (χ3n) is 8.98. The first-order chi connectivity index (χ1) is 21.3. The maximum Gasteiger partial charge on any atom is 0.169 e. The maximum atomic E-state index is 2.68. The smallest absolute Gasteiger partial charge is 0.169 e. The summed E-state index contributed by atoms with van der Waals surface area (Å²) in [6.45, 7) is 10.4. The van der Waals surface area contributed by atoms with E-state index in [4.69, 9.17) is 0 Å². The van der Waals surface area contributed by atoms with Crippen LogP contribution in [0.1, 0.15) is 173 Å². The van der Waals surface area contributed by atoms with Crippen LogP contribution in [-0.4, -0.2) is 13.1 Å². The second-order valence-corrected chi connectivity index (χ2v) is 13.0. The van der Waals surface area contributed by atoms with Gasteiger partial charge in [0.2, 0.25) is 0 Å². The van der Waals surface area contributed by atoms with E-state index in [1.807, 2.05) is 0 Å². The van der Waals surface area contributed by atoms with E-state index < -0.39 is 0 Å². The molecule has 2 rings (SSSR count). The quantitative estimate of drug-likeness (QED) is 0.0484. The zero-order valence-corrected chi connectivity index (χ0v) is 31.4. The highest BCUT2D eigenvalue weighted by atomic mass is 127. The van der Waals surface area contributed by atoms with E-state index in [2.05, 4.69) is 91.2 Å². The Bertz CT molecular complexity index is 881. The lowest BCUT2D eigenvalue weighted by Crippen LogP contribution is -3.00. The van der Waals surface area contributed by atoms with Crippen LogP contribution in [0.5, 0.6) is 0 Å². The number of halogens is 1. The fourth-order valence-corrected chi connectivity index (χ4v) is 6.01. The van der Waals surface area contributed by atoms with Gasteiger partial charge in [0, 0.05) is 37.3 Å². The number of hydrogen-bond donors (Lipinski definition) is 0. The molecule has 0 radical (unpaired) electrons. The fourth-order valence-electron chi connectivity index (χ4n) is 6.01. The molecular formula is C41H69IN2. The largest absolute Gasteiger partial charge is 1.00 e. The molecule has 250 valence electrons. The molecule has 0 aliphatic rings. The summed E-state index contributed by atoms with van der Waals surface area (Å²) in [4.78, 5) is 2.68. The molecule has 2 nitrogen and oxygen atoms in total. The van der Waals surface area contributed by atoms with Crippen molar-refractivity contribution in [3.05, 3.63) is 59.9 Å². The van der Waals surface area contributed by atoms with Gasteiger partial charge < -0.3 is 28.9 Å². The van der Waals surface area contributed by atoms with Gasteiger partial charge in [-0.1, -0.05) is 167 Å². The monoisotopic (exact) mass is 716 g/mol. The van der Waals surface area contributed by atoms with Crippen LogP contribution in [0.2, 0.25) is 0 Å². The Kier molecular flexibility index (Phi) is 26.9. The van der Waals surface area contributed by atoms with Gasteiger partial charge >= 0.3 is 0 Å². The van der Waals surface area contributed by atoms with E-state index in [0.717, 1.165) is 6.54 Å². The number of anilines is 1. The predicted molar refractivity (Wildman–Crippen MR) is 193 cm³/mol. The molecule has 0 spiro atoms. The summed E-state index contributed by atoms with van der Waals surface area (Å²) in [6, 6.07) is 13.8. The SMILES string of the molecule is CCCCCCCCCCCCN(CCCCCCCCCCCC)c1ccc(C=Cc2cc[n+](CCCC)cc2)cc1.[I-]. The second-order valence-electron chi connectivity index (χ2n) is 13.0. The fraction of sp³-hybridized carbons (Fsp3) is 0.683. The van der Waals surface area contributed by atoms with Crippen molar-refractivity contribution >= 4 is 17.8 Å². The number of nitrogens with zero attached hydrogens (tertiary/aromatic N) is 2. The van der Waals surface area contributed by atoms with Crippen LogP contribution in [0.25, 0.3) is 12.2 Å². The van der Waals surface area contributed by atoms with Gasteiger partial charge in [0.1, 0.15) is 6.54 Å². The minimum atomic E-state index is 0. The van der Waals surface area contributed by atoms with Crippen molar-refractivity contribution in [1.82, 2.24) is 0 Å². The van der Waals surface area contributed by atoms with Gasteiger partial charge in [-0.15, -0.1) is 0 Å². The molecule has 0 fully saturated rings. The van der Waals surface area contributed by atoms with Gasteiger partial charge in [-0.25, -0.2) is 4.57 Å². The summed E-state index contributed by atoms with van der Waals surface area (Å²) >= 11 is 0. The Morgan fingerprint density at radius 2 is 0.818 bits per heavy atom. The summed E-state index contributed by atoms with van der Waals surface area (Å²) in [5.41, 5.74) is 3.95. The molecule has 0 saturated heterocycles. The molecule has 1 aromatic carbocycles. The average molecular weight is 717 g/mol. The first-order valence-corrected chi connectivity index (χ1v) is 18.8. The topological polar surface area (TPSA) is 7.12 Å². The third-order valence-corrected chi connectivity index (χ3v) is 8.98. The molecule has 3 heteroatoms. The summed E-state index contributed by atoms with van der Waals surface area (Å²) in [7, 11) is 0. The van der Waals surface area contributed by atoms with Crippen LogP contribution < -0.4 is 33.4 Å². The third kappa shape index (κ3) is 20.6. The molecule has 1 aromatic heterocycles. The van der Waals surface area contributed by atoms with Crippen molar-refractivity contribution in [3.8, 4) is 0 Å². The Labute approximate surface area is 291 Å². The van der Waals surface area contributed by atoms with Gasteiger partial charge in [-0.3, -0.25) is 0 Å². The summed E-state index contributed by atoms with van der Waals surface area (Å²) in [5.74, 6) is 0. The molecule has 44 heavy (non-hydrogen) atoms. The van der Waals surface area contributed by atoms with E-state index >= 15 is 0 Å². The molecule has 0 aliphatic carbocycles. The lowest BCUT2D eigenvalue weighted by molar-refractivity contribution is -0.697. The molecule has 2 aromatic rings. The molecule has 0 bridgehead atoms. The Hall–Kier alpha value is -1.36. The van der Waals surface area contributed by atoms with E-state index in [0.29, 0.717) is 0 Å². The van der Waals surface area contributed by atoms with Crippen LogP contribution in [0.15, 0.2) is 48.8 Å². The first-order valence-electron chi connectivity index (χ1n) is 18.8. The number of aryl methyl sites for hydroxylation is 1. The number of unbranched alkanes of at least 4 members (excludes halogenated alkanes) is 19. The van der Waals surface area contributed by atoms with Gasteiger partial charge in [0.25, 0.3) is 0 Å². The highest BCUT2D eigenvalue weighted by Gasteiger charge is 2.07. The minimum absolute atomic E-state index is 0. The molecule has 0 aliphatic heterocycles. The first kappa shape index (κ1) is 40.7. The van der Waals surface area contributed by atoms with Gasteiger partial charge in [-0.2, -0.15) is 0 Å². The van der Waals surface area contributed by atoms with Crippen LogP contribution in [-0.2, 0) is 6.54 Å². The standard InChI is InChI=1S/C41H69N2.HI/c1-4-7-10-12-14-16-18-20-22-24-35-43(36-25-23-21-19-17-15-13-11-8-5-2)41-30-28-39(29-31-41)26-27-40-32-37-42(38-33-40)34-9-6-3;/h26-33,37-38H,4-25,34-36H2,1-3H3;1H/q+1;/p-1. The molecule has 0 amide bonds. The average Bonchev–Trinajstić information content (AvgIpc) is 3.04. The van der Waals surface area contributed by atoms with Crippen LogP contribution in [0.3, 0.4) is 0 Å². The Balaban J connectivity index is 0.00000968. The Morgan fingerprint density at radius 1 is 0.455 bits per heavy atom. The van der Waals surface area contributed by atoms with E-state index in [9.17, 15) is 0 Å². The van der Waals surface area contributed by atoms with Crippen LogP contribution in [0.4, 0.5) is 5.69 Å². The zero-order valence-electron chi connectivity index (χ0n) is 29.2. The highest BCUT2D eigenvalue weighted by Crippen LogP contribution is 2.20. The number of rotatable bonds is 28. The lowest BCUT2D eigenvalue weighted by Gasteiger charge is -2.25. The van der Waals surface area contributed by atoms with Gasteiger partial charge in [-0.05, 0) is 36.1 Å². The Morgan fingerprint density at radius 3 is 1.23 bits per heavy atom. The van der Waals surface area contributed by atoms with Crippen molar-refractivity contribution in [2.45, 2.75) is 169 Å². The summed E-state index contributed by atoms with van der Waals surface area (Å²) in [6.07, 6.45) is 39.5. The number of aromatic nitrogens is 1. The van der Waals surface area contributed by atoms with Crippen LogP contribution >= 0.6 is 0 Å². The van der Waals surface area contributed by atoms with Gasteiger partial charge in [0.05, 0.1) is 0 Å². The molecular weight excluding hydrogens is 647 g/mol. The number of benzene rings is 1. The van der Waals surface area contributed by atoms with Crippen molar-refractivity contribution in [2.75, 3.05) is 18.0 Å². The molecule has 1 heterocycles. The normalized spacial score (nSPS) is 11.2. The van der Waals surface area contributed by atoms with Crippen molar-refractivity contribution in [1.29, 1.82) is 0 Å². The van der Waals surface area contributed by atoms with Crippen molar-refractivity contribution in [3.63, 3.8) is 0 Å². The summed E-state index contributed by atoms with van der Waals surface area (Å²) < 4.78 is 2.29. The van der Waals surface area contributed by atoms with Crippen molar-refractivity contribution in [2.24, 2.45) is 0 Å². The predicted octanol–water partition coefficient (Wildman–Crippen LogP) is 9.60. The highest BCUT2D eigenvalue weighted by molar-refractivity contribution is 5.70. The second kappa shape index (κ2) is 29.1. The molecule has 0 atom stereocenters. The van der Waals surface area contributed by atoms with E-state index in [-0.39, 0.29) is 24.0 Å². The molecule has 0 N–H and O–H groups in total. The maximum absolute atomic E-state index is 2.68. The zero-order chi connectivity index (χ0) is 30.6. The molecule has 0 unspecified atom stereocenters. The van der Waals surface area contributed by atoms with Crippen LogP contribution in [0, 0.1) is 0 Å². The van der Waals surface area contributed by atoms with E-state index in [1.54, 1.807) is 0 Å². The molecule has 0 saturated carbocycles. The van der Waals surface area contributed by atoms with Crippen molar-refractivity contribution < 1.29 is 28.5 Å². The van der Waals surface area contributed by atoms with E-state index in [1.165, 1.54) is 171 Å². The lowest BCUT2D eigenvalue weighted by atomic mass is 10.1.